The molecule has 5 aromatic rings. The van der Waals surface area contributed by atoms with Crippen LogP contribution in [0.4, 0.5) is 5.69 Å². The maximum absolute atomic E-state index is 7.84. The molecule has 0 aliphatic rings. The summed E-state index contributed by atoms with van der Waals surface area (Å²) < 4.78 is 8.99. The summed E-state index contributed by atoms with van der Waals surface area (Å²) in [6.07, 6.45) is 0. The fourth-order valence-corrected chi connectivity index (χ4v) is 5.08. The molecule has 3 aromatic carbocycles. The fraction of sp³-hybridized carbons (Fsp3) is 0.250. The molecule has 0 atom stereocenters. The Kier molecular flexibility index (Phi) is 5.49. The summed E-state index contributed by atoms with van der Waals surface area (Å²) >= 11 is 0. The lowest BCUT2D eigenvalue weighted by Gasteiger charge is -2.10. The van der Waals surface area contributed by atoms with Gasteiger partial charge in [-0.25, -0.2) is 4.85 Å². The lowest BCUT2D eigenvalue weighted by molar-refractivity contribution is -0.667. The second-order valence-electron chi connectivity index (χ2n) is 9.94. The summed E-state index contributed by atoms with van der Waals surface area (Å²) in [4.78, 5) is 3.86. The fourth-order valence-electron chi connectivity index (χ4n) is 5.08. The van der Waals surface area contributed by atoms with Crippen LogP contribution < -0.4 is 4.57 Å². The molecule has 174 valence electrons. The molecule has 0 spiro atoms. The molecule has 0 fully saturated rings. The first-order valence-corrected chi connectivity index (χ1v) is 12.2. The monoisotopic (exact) mass is 459 g/mol. The summed E-state index contributed by atoms with van der Waals surface area (Å²) in [7, 11) is 2.12. The molecule has 2 heterocycles. The number of aryl methyl sites for hydroxylation is 2. The Hall–Kier alpha value is -3.90. The maximum Gasteiger partial charge on any atom is 0.216 e. The zero-order chi connectivity index (χ0) is 25.0. The number of nitrogens with zero attached hydrogens (tertiary/aromatic N) is 2. The van der Waals surface area contributed by atoms with Gasteiger partial charge >= 0.3 is 0 Å². The molecular formula is C32H31N2O+. The Morgan fingerprint density at radius 3 is 2.06 bits per heavy atom. The van der Waals surface area contributed by atoms with Gasteiger partial charge in [0.1, 0.15) is 18.2 Å². The number of rotatable bonds is 3. The predicted molar refractivity (Wildman–Crippen MR) is 145 cm³/mol. The lowest BCUT2D eigenvalue weighted by atomic mass is 9.95. The van der Waals surface area contributed by atoms with Crippen molar-refractivity contribution in [2.75, 3.05) is 0 Å². The van der Waals surface area contributed by atoms with Gasteiger partial charge in [-0.1, -0.05) is 62.4 Å². The van der Waals surface area contributed by atoms with E-state index in [9.17, 15) is 0 Å². The van der Waals surface area contributed by atoms with Crippen molar-refractivity contribution in [3.8, 4) is 22.4 Å². The average Bonchev–Trinajstić information content (AvgIpc) is 3.23. The van der Waals surface area contributed by atoms with Crippen LogP contribution in [0.15, 0.2) is 59.0 Å². The molecule has 0 unspecified atom stereocenters. The summed E-state index contributed by atoms with van der Waals surface area (Å²) in [6, 6.07) is 19.1. The van der Waals surface area contributed by atoms with Crippen molar-refractivity contribution in [2.45, 2.75) is 47.5 Å². The van der Waals surface area contributed by atoms with Crippen molar-refractivity contribution in [2.24, 2.45) is 7.05 Å². The molecule has 3 heteroatoms. The van der Waals surface area contributed by atoms with E-state index in [-0.39, 0.29) is 0 Å². The highest BCUT2D eigenvalue weighted by Gasteiger charge is 2.25. The summed E-state index contributed by atoms with van der Waals surface area (Å²) in [6.45, 7) is 20.9. The molecule has 0 radical (unpaired) electrons. The zero-order valence-corrected chi connectivity index (χ0v) is 21.6. The van der Waals surface area contributed by atoms with Gasteiger partial charge in [0.25, 0.3) is 0 Å². The van der Waals surface area contributed by atoms with Crippen molar-refractivity contribution < 1.29 is 8.98 Å². The van der Waals surface area contributed by atoms with E-state index in [0.29, 0.717) is 11.6 Å². The Morgan fingerprint density at radius 1 is 0.800 bits per heavy atom. The molecule has 0 saturated heterocycles. The van der Waals surface area contributed by atoms with E-state index in [1.54, 1.807) is 0 Å². The van der Waals surface area contributed by atoms with E-state index < -0.39 is 0 Å². The summed E-state index contributed by atoms with van der Waals surface area (Å²) in [5, 5.41) is 2.12. The number of hydrogen-bond donors (Lipinski definition) is 0. The summed E-state index contributed by atoms with van der Waals surface area (Å²) in [5.74, 6) is 0.457. The van der Waals surface area contributed by atoms with Gasteiger partial charge in [-0.3, -0.25) is 0 Å². The minimum Gasteiger partial charge on any atom is -0.456 e. The van der Waals surface area contributed by atoms with E-state index in [1.807, 2.05) is 12.1 Å². The van der Waals surface area contributed by atoms with E-state index in [2.05, 4.69) is 100 Å². The first-order chi connectivity index (χ1) is 16.7. The van der Waals surface area contributed by atoms with Crippen molar-refractivity contribution in [1.29, 1.82) is 0 Å². The lowest BCUT2D eigenvalue weighted by Crippen LogP contribution is -2.36. The van der Waals surface area contributed by atoms with Crippen LogP contribution in [-0.4, -0.2) is 0 Å². The smallest absolute Gasteiger partial charge is 0.216 e. The molecule has 0 aliphatic carbocycles. The van der Waals surface area contributed by atoms with Crippen LogP contribution in [0.25, 0.3) is 49.2 Å². The van der Waals surface area contributed by atoms with Gasteiger partial charge in [-0.2, -0.15) is 4.57 Å². The first kappa shape index (κ1) is 22.9. The average molecular weight is 460 g/mol. The number of pyridine rings is 1. The van der Waals surface area contributed by atoms with Crippen LogP contribution in [0, 0.1) is 34.3 Å². The largest absolute Gasteiger partial charge is 0.456 e. The van der Waals surface area contributed by atoms with Crippen molar-refractivity contribution in [3.05, 3.63) is 94.0 Å². The number of aromatic nitrogens is 1. The number of furan rings is 1. The van der Waals surface area contributed by atoms with Crippen molar-refractivity contribution in [3.63, 3.8) is 0 Å². The molecule has 0 N–H and O–H groups in total. The highest BCUT2D eigenvalue weighted by Crippen LogP contribution is 2.44. The topological polar surface area (TPSA) is 21.4 Å². The highest BCUT2D eigenvalue weighted by molar-refractivity contribution is 6.15. The molecule has 0 bridgehead atoms. The number of hydrogen-bond acceptors (Lipinski definition) is 1. The standard InChI is InChI=1S/C32H31N2O/c1-18(2)23-10-12-24(13-11-23)30-27(33-7)16-15-26-25-14-9-19(3)29(31(25)35-32(26)30)28-17-20(4)21(5)22(6)34(28)8/h9-18H,1-6,8H3/q+1. The second-order valence-corrected chi connectivity index (χ2v) is 9.94. The van der Waals surface area contributed by atoms with E-state index in [4.69, 9.17) is 11.0 Å². The summed E-state index contributed by atoms with van der Waals surface area (Å²) in [5.41, 5.74) is 12.7. The number of benzene rings is 3. The molecule has 5 rings (SSSR count). The molecule has 0 amide bonds. The minimum absolute atomic E-state index is 0.457. The quantitative estimate of drug-likeness (QED) is 0.195. The van der Waals surface area contributed by atoms with Gasteiger partial charge in [-0.05, 0) is 48.9 Å². The SMILES string of the molecule is [C-]#[N+]c1ccc2c(oc3c(-c4cc(C)c(C)c(C)[n+]4C)c(C)ccc32)c1-c1ccc(C(C)C)cc1. The molecule has 35 heavy (non-hydrogen) atoms. The third-order valence-corrected chi connectivity index (χ3v) is 7.59. The van der Waals surface area contributed by atoms with E-state index in [1.165, 1.54) is 27.9 Å². The Bertz CT molecular complexity index is 1660. The Balaban J connectivity index is 1.86. The second kappa shape index (κ2) is 8.40. The highest BCUT2D eigenvalue weighted by atomic mass is 16.3. The van der Waals surface area contributed by atoms with Gasteiger partial charge in [0.05, 0.1) is 12.1 Å². The Morgan fingerprint density at radius 2 is 1.43 bits per heavy atom. The molecule has 2 aromatic heterocycles. The van der Waals surface area contributed by atoms with Crippen LogP contribution in [0.1, 0.15) is 47.7 Å². The van der Waals surface area contributed by atoms with Crippen LogP contribution in [-0.2, 0) is 7.05 Å². The van der Waals surface area contributed by atoms with Crippen LogP contribution >= 0.6 is 0 Å². The normalized spacial score (nSPS) is 11.5. The van der Waals surface area contributed by atoms with Gasteiger partial charge in [0.15, 0.2) is 11.4 Å². The van der Waals surface area contributed by atoms with Crippen LogP contribution in [0.2, 0.25) is 0 Å². The third-order valence-electron chi connectivity index (χ3n) is 7.59. The van der Waals surface area contributed by atoms with Crippen molar-refractivity contribution in [1.82, 2.24) is 0 Å². The number of fused-ring (bicyclic) bond motifs is 3. The van der Waals surface area contributed by atoms with Crippen LogP contribution in [0.5, 0.6) is 0 Å². The van der Waals surface area contributed by atoms with E-state index in [0.717, 1.165) is 44.3 Å². The van der Waals surface area contributed by atoms with Gasteiger partial charge < -0.3 is 4.42 Å². The van der Waals surface area contributed by atoms with Gasteiger partial charge in [0, 0.05) is 34.9 Å². The van der Waals surface area contributed by atoms with E-state index >= 15 is 0 Å². The zero-order valence-electron chi connectivity index (χ0n) is 21.6. The predicted octanol–water partition coefficient (Wildman–Crippen LogP) is 8.65. The van der Waals surface area contributed by atoms with Gasteiger partial charge in [0.2, 0.25) is 5.69 Å². The molecule has 0 saturated carbocycles. The molecule has 3 nitrogen and oxygen atoms in total. The van der Waals surface area contributed by atoms with Gasteiger partial charge in [-0.15, -0.1) is 0 Å². The molecule has 0 aliphatic heterocycles. The van der Waals surface area contributed by atoms with Crippen LogP contribution in [0.3, 0.4) is 0 Å². The maximum atomic E-state index is 7.84. The van der Waals surface area contributed by atoms with Crippen molar-refractivity contribution >= 4 is 27.6 Å². The molecular weight excluding hydrogens is 428 g/mol. The first-order valence-electron chi connectivity index (χ1n) is 12.2. The Labute approximate surface area is 207 Å². The minimum atomic E-state index is 0.457. The third kappa shape index (κ3) is 3.53.